The third-order valence-electron chi connectivity index (χ3n) is 2.46. The summed E-state index contributed by atoms with van der Waals surface area (Å²) in [5, 5.41) is 7.73. The van der Waals surface area contributed by atoms with Crippen LogP contribution in [0.2, 0.25) is 0 Å². The highest BCUT2D eigenvalue weighted by Gasteiger charge is 2.14. The molecule has 0 aliphatic carbocycles. The van der Waals surface area contributed by atoms with Crippen LogP contribution in [0.3, 0.4) is 0 Å². The number of nitrogens with one attached hydrogen (secondary N) is 2. The lowest BCUT2D eigenvalue weighted by molar-refractivity contribution is -0.136. The summed E-state index contributed by atoms with van der Waals surface area (Å²) in [6.45, 7) is 0. The molecule has 108 valence electrons. The van der Waals surface area contributed by atoms with Crippen molar-refractivity contribution in [2.45, 2.75) is 0 Å². The van der Waals surface area contributed by atoms with Crippen molar-refractivity contribution in [3.63, 3.8) is 0 Å². The fourth-order valence-electron chi connectivity index (χ4n) is 1.47. The Morgan fingerprint density at radius 1 is 1.29 bits per heavy atom. The molecule has 7 heteroatoms. The van der Waals surface area contributed by atoms with E-state index in [2.05, 4.69) is 20.4 Å². The number of hydrogen-bond donors (Lipinski definition) is 2. The highest BCUT2D eigenvalue weighted by atomic mass is 32.1. The molecule has 0 atom stereocenters. The smallest absolute Gasteiger partial charge is 0.356 e. The van der Waals surface area contributed by atoms with E-state index in [-0.39, 0.29) is 5.70 Å². The van der Waals surface area contributed by atoms with Gasteiger partial charge in [0.1, 0.15) is 5.70 Å². The third kappa shape index (κ3) is 4.15. The minimum Gasteiger partial charge on any atom is -0.464 e. The van der Waals surface area contributed by atoms with Crippen LogP contribution in [-0.4, -0.2) is 24.0 Å². The van der Waals surface area contributed by atoms with Gasteiger partial charge in [-0.1, -0.05) is 18.2 Å². The third-order valence-corrected chi connectivity index (χ3v) is 3.17. The highest BCUT2D eigenvalue weighted by Crippen LogP contribution is 2.10. The summed E-state index contributed by atoms with van der Waals surface area (Å²) in [6, 6.07) is 8.59. The summed E-state index contributed by atoms with van der Waals surface area (Å²) in [5.41, 5.74) is 0.447. The van der Waals surface area contributed by atoms with Crippen molar-refractivity contribution >= 4 is 28.3 Å². The van der Waals surface area contributed by atoms with E-state index in [0.717, 1.165) is 0 Å². The number of ether oxygens (including phenoxy) is 1. The Bertz CT molecular complexity index is 639. The van der Waals surface area contributed by atoms with Crippen LogP contribution in [0.15, 0.2) is 53.8 Å². The Labute approximate surface area is 125 Å². The topological polar surface area (TPSA) is 80.3 Å². The first-order chi connectivity index (χ1) is 10.2. The molecule has 2 N–H and O–H groups in total. The number of aromatic nitrogens is 1. The van der Waals surface area contributed by atoms with Crippen molar-refractivity contribution < 1.29 is 14.3 Å². The lowest BCUT2D eigenvalue weighted by atomic mass is 10.2. The predicted octanol–water partition coefficient (Wildman–Crippen LogP) is 2.00. The van der Waals surface area contributed by atoms with E-state index in [1.807, 2.05) is 0 Å². The summed E-state index contributed by atoms with van der Waals surface area (Å²) in [6.07, 6.45) is 2.98. The number of hydrogen-bond acceptors (Lipinski definition) is 6. The first-order valence-electron chi connectivity index (χ1n) is 6.01. The van der Waals surface area contributed by atoms with Gasteiger partial charge in [0, 0.05) is 23.3 Å². The Morgan fingerprint density at radius 3 is 2.67 bits per heavy atom. The van der Waals surface area contributed by atoms with Gasteiger partial charge >= 0.3 is 5.97 Å². The van der Waals surface area contributed by atoms with Gasteiger partial charge in [-0.15, -0.1) is 11.3 Å². The molecule has 6 nitrogen and oxygen atoms in total. The van der Waals surface area contributed by atoms with E-state index in [9.17, 15) is 9.59 Å². The van der Waals surface area contributed by atoms with E-state index in [4.69, 9.17) is 0 Å². The molecule has 0 unspecified atom stereocenters. The van der Waals surface area contributed by atoms with Crippen molar-refractivity contribution in [2.24, 2.45) is 0 Å². The Morgan fingerprint density at radius 2 is 2.05 bits per heavy atom. The number of anilines is 1. The molecule has 0 spiro atoms. The average Bonchev–Trinajstić information content (AvgIpc) is 3.04. The monoisotopic (exact) mass is 303 g/mol. The molecule has 0 radical (unpaired) electrons. The second-order valence-corrected chi connectivity index (χ2v) is 4.75. The Kier molecular flexibility index (Phi) is 5.05. The summed E-state index contributed by atoms with van der Waals surface area (Å²) >= 11 is 1.37. The minimum atomic E-state index is -0.650. The van der Waals surface area contributed by atoms with Gasteiger partial charge in [0.15, 0.2) is 5.13 Å². The molecule has 1 amide bonds. The Balaban J connectivity index is 2.11. The van der Waals surface area contributed by atoms with Crippen molar-refractivity contribution in [3.8, 4) is 0 Å². The van der Waals surface area contributed by atoms with Gasteiger partial charge in [-0.2, -0.15) is 0 Å². The standard InChI is InChI=1S/C14H13N3O3S/c1-20-13(19)11(9-16-14-15-7-8-21-14)17-12(18)10-5-3-2-4-6-10/h2-9H,1H3,(H,15,16)(H,17,18). The zero-order valence-corrected chi connectivity index (χ0v) is 12.0. The molecule has 0 fully saturated rings. The van der Waals surface area contributed by atoms with Gasteiger partial charge in [0.2, 0.25) is 0 Å². The maximum Gasteiger partial charge on any atom is 0.356 e. The minimum absolute atomic E-state index is 0.00144. The lowest BCUT2D eigenvalue weighted by Crippen LogP contribution is -2.28. The van der Waals surface area contributed by atoms with Crippen LogP contribution in [-0.2, 0) is 9.53 Å². The zero-order valence-electron chi connectivity index (χ0n) is 11.2. The van der Waals surface area contributed by atoms with Crippen LogP contribution in [0.1, 0.15) is 10.4 Å². The van der Waals surface area contributed by atoms with E-state index in [0.29, 0.717) is 10.7 Å². The number of esters is 1. The molecule has 0 aliphatic heterocycles. The second-order valence-electron chi connectivity index (χ2n) is 3.85. The molecule has 2 rings (SSSR count). The van der Waals surface area contributed by atoms with Gasteiger partial charge in [0.25, 0.3) is 5.91 Å². The van der Waals surface area contributed by atoms with Crippen molar-refractivity contribution in [1.82, 2.24) is 10.3 Å². The fraction of sp³-hybridized carbons (Fsp3) is 0.0714. The quantitative estimate of drug-likeness (QED) is 0.652. The van der Waals surface area contributed by atoms with Crippen molar-refractivity contribution in [2.75, 3.05) is 12.4 Å². The van der Waals surface area contributed by atoms with E-state index in [1.165, 1.54) is 24.6 Å². The molecule has 1 aromatic heterocycles. The molecule has 2 aromatic rings. The zero-order chi connectivity index (χ0) is 15.1. The molecule has 21 heavy (non-hydrogen) atoms. The SMILES string of the molecule is COC(=O)C(=CNc1nccs1)NC(=O)c1ccccc1. The highest BCUT2D eigenvalue weighted by molar-refractivity contribution is 7.13. The molecule has 1 heterocycles. The first kappa shape index (κ1) is 14.7. The molecule has 0 aliphatic rings. The number of thiazole rings is 1. The number of benzene rings is 1. The van der Waals surface area contributed by atoms with Gasteiger partial charge in [-0.05, 0) is 12.1 Å². The van der Waals surface area contributed by atoms with Crippen LogP contribution < -0.4 is 10.6 Å². The molecule has 0 saturated heterocycles. The number of methoxy groups -OCH3 is 1. The fourth-order valence-corrected chi connectivity index (χ4v) is 1.97. The number of nitrogens with zero attached hydrogens (tertiary/aromatic N) is 1. The van der Waals surface area contributed by atoms with Crippen LogP contribution in [0.5, 0.6) is 0 Å². The van der Waals surface area contributed by atoms with Crippen molar-refractivity contribution in [1.29, 1.82) is 0 Å². The molecule has 0 saturated carbocycles. The number of amides is 1. The predicted molar refractivity (Wildman–Crippen MR) is 79.7 cm³/mol. The number of rotatable bonds is 5. The van der Waals surface area contributed by atoms with Gasteiger partial charge in [-0.25, -0.2) is 9.78 Å². The lowest BCUT2D eigenvalue weighted by Gasteiger charge is -2.08. The summed E-state index contributed by atoms with van der Waals surface area (Å²) in [5.74, 6) is -1.04. The van der Waals surface area contributed by atoms with E-state index in [1.54, 1.807) is 41.9 Å². The summed E-state index contributed by atoms with van der Waals surface area (Å²) in [4.78, 5) is 27.7. The van der Waals surface area contributed by atoms with Crippen LogP contribution in [0.4, 0.5) is 5.13 Å². The largest absolute Gasteiger partial charge is 0.464 e. The summed E-state index contributed by atoms with van der Waals surface area (Å²) in [7, 11) is 1.24. The summed E-state index contributed by atoms with van der Waals surface area (Å²) < 4.78 is 4.64. The molecular weight excluding hydrogens is 290 g/mol. The maximum absolute atomic E-state index is 12.0. The van der Waals surface area contributed by atoms with Crippen LogP contribution >= 0.6 is 11.3 Å². The average molecular weight is 303 g/mol. The second kappa shape index (κ2) is 7.20. The normalized spacial score (nSPS) is 10.8. The van der Waals surface area contributed by atoms with E-state index >= 15 is 0 Å². The van der Waals surface area contributed by atoms with Crippen LogP contribution in [0.25, 0.3) is 0 Å². The van der Waals surface area contributed by atoms with Crippen molar-refractivity contribution in [3.05, 3.63) is 59.4 Å². The van der Waals surface area contributed by atoms with Gasteiger partial charge < -0.3 is 15.4 Å². The number of carbonyl (C=O) groups excluding carboxylic acids is 2. The van der Waals surface area contributed by atoms with Gasteiger partial charge in [-0.3, -0.25) is 4.79 Å². The maximum atomic E-state index is 12.0. The van der Waals surface area contributed by atoms with E-state index < -0.39 is 11.9 Å². The first-order valence-corrected chi connectivity index (χ1v) is 6.89. The molecule has 1 aromatic carbocycles. The Hall–Kier alpha value is -2.67. The molecule has 0 bridgehead atoms. The van der Waals surface area contributed by atoms with Gasteiger partial charge in [0.05, 0.1) is 7.11 Å². The van der Waals surface area contributed by atoms with Crippen LogP contribution in [0, 0.1) is 0 Å². The molecular formula is C14H13N3O3S. The number of carbonyl (C=O) groups is 2.